The molecule has 0 aliphatic rings. The van der Waals surface area contributed by atoms with Crippen molar-refractivity contribution in [2.24, 2.45) is 0 Å². The minimum atomic E-state index is -0.326. The van der Waals surface area contributed by atoms with Gasteiger partial charge in [-0.15, -0.1) is 0 Å². The smallest absolute Gasteiger partial charge is 0.174 e. The van der Waals surface area contributed by atoms with Crippen LogP contribution in [0.1, 0.15) is 0 Å². The van der Waals surface area contributed by atoms with E-state index in [1.165, 1.54) is 6.07 Å². The topological polar surface area (TPSA) is 63.8 Å². The lowest BCUT2D eigenvalue weighted by molar-refractivity contribution is 0.621. The van der Waals surface area contributed by atoms with Gasteiger partial charge in [0.2, 0.25) is 0 Å². The molecular weight excluding hydrogens is 323 g/mol. The number of benzene rings is 2. The molecule has 0 saturated carbocycles. The van der Waals surface area contributed by atoms with E-state index in [-0.39, 0.29) is 5.82 Å². The van der Waals surface area contributed by atoms with Crippen molar-refractivity contribution in [2.75, 3.05) is 11.1 Å². The molecule has 0 radical (unpaired) electrons. The molecule has 4 nitrogen and oxygen atoms in total. The third-order valence-corrected chi connectivity index (χ3v) is 3.39. The van der Waals surface area contributed by atoms with Crippen LogP contribution >= 0.6 is 15.9 Å². The van der Waals surface area contributed by atoms with Gasteiger partial charge in [-0.3, -0.25) is 0 Å². The maximum Gasteiger partial charge on any atom is 0.174 e. The molecule has 3 rings (SSSR count). The average molecular weight is 333 g/mol. The molecule has 0 amide bonds. The van der Waals surface area contributed by atoms with Gasteiger partial charge in [-0.25, -0.2) is 14.4 Å². The van der Waals surface area contributed by atoms with Gasteiger partial charge in [0.25, 0.3) is 0 Å². The van der Waals surface area contributed by atoms with Crippen LogP contribution in [0.5, 0.6) is 0 Å². The lowest BCUT2D eigenvalue weighted by atomic mass is 10.3. The molecule has 3 aromatic rings. The van der Waals surface area contributed by atoms with Crippen molar-refractivity contribution in [3.63, 3.8) is 0 Å². The van der Waals surface area contributed by atoms with Crippen molar-refractivity contribution < 1.29 is 4.39 Å². The van der Waals surface area contributed by atoms with Crippen LogP contribution in [0.2, 0.25) is 0 Å². The van der Waals surface area contributed by atoms with Gasteiger partial charge in [-0.05, 0) is 46.3 Å². The Labute approximate surface area is 123 Å². The Morgan fingerprint density at radius 1 is 1.05 bits per heavy atom. The highest BCUT2D eigenvalue weighted by molar-refractivity contribution is 9.10. The molecule has 6 heteroatoms. The second kappa shape index (κ2) is 5.05. The van der Waals surface area contributed by atoms with E-state index in [0.29, 0.717) is 21.8 Å². The van der Waals surface area contributed by atoms with Crippen molar-refractivity contribution in [2.45, 2.75) is 0 Å². The monoisotopic (exact) mass is 332 g/mol. The Balaban J connectivity index is 2.01. The highest BCUT2D eigenvalue weighted by atomic mass is 79.9. The van der Waals surface area contributed by atoms with E-state index in [1.807, 2.05) is 24.3 Å². The zero-order chi connectivity index (χ0) is 14.1. The zero-order valence-corrected chi connectivity index (χ0v) is 11.9. The van der Waals surface area contributed by atoms with Crippen LogP contribution in [0.25, 0.3) is 11.0 Å². The van der Waals surface area contributed by atoms with Gasteiger partial charge in [0.1, 0.15) is 5.82 Å². The number of nitrogens with zero attached hydrogens (tertiary/aromatic N) is 2. The molecule has 100 valence electrons. The molecule has 20 heavy (non-hydrogen) atoms. The molecule has 2 aromatic carbocycles. The molecule has 0 spiro atoms. The quantitative estimate of drug-likeness (QED) is 0.748. The highest BCUT2D eigenvalue weighted by Gasteiger charge is 2.07. The Morgan fingerprint density at radius 2 is 1.75 bits per heavy atom. The molecule has 1 heterocycles. The van der Waals surface area contributed by atoms with E-state index in [2.05, 4.69) is 31.2 Å². The molecular formula is C14H10BrFN4. The summed E-state index contributed by atoms with van der Waals surface area (Å²) >= 11 is 3.14. The number of fused-ring (bicyclic) bond motifs is 1. The first kappa shape index (κ1) is 12.8. The predicted molar refractivity (Wildman–Crippen MR) is 81.3 cm³/mol. The third-order valence-electron chi connectivity index (χ3n) is 2.78. The molecule has 0 saturated heterocycles. The molecule has 0 atom stereocenters. The van der Waals surface area contributed by atoms with Crippen LogP contribution in [-0.2, 0) is 0 Å². The number of hydrogen-bond acceptors (Lipinski definition) is 4. The van der Waals surface area contributed by atoms with Gasteiger partial charge < -0.3 is 11.1 Å². The zero-order valence-electron chi connectivity index (χ0n) is 10.3. The van der Waals surface area contributed by atoms with E-state index < -0.39 is 0 Å². The standard InChI is InChI=1S/C14H10BrFN4/c15-9-7-8(5-6-10(9)16)18-14-13(17)19-11-3-1-2-4-12(11)20-14/h1-7H,(H2,17,19)(H,18,20). The first-order chi connectivity index (χ1) is 9.63. The van der Waals surface area contributed by atoms with Gasteiger partial charge in [0, 0.05) is 5.69 Å². The summed E-state index contributed by atoms with van der Waals surface area (Å²) in [5.41, 5.74) is 8.03. The first-order valence-corrected chi connectivity index (χ1v) is 6.67. The number of hydrogen-bond donors (Lipinski definition) is 2. The van der Waals surface area contributed by atoms with E-state index in [4.69, 9.17) is 5.73 Å². The van der Waals surface area contributed by atoms with Crippen molar-refractivity contribution in [3.05, 3.63) is 52.8 Å². The van der Waals surface area contributed by atoms with Crippen molar-refractivity contribution in [1.29, 1.82) is 0 Å². The van der Waals surface area contributed by atoms with E-state index in [1.54, 1.807) is 12.1 Å². The fraction of sp³-hybridized carbons (Fsp3) is 0. The maximum atomic E-state index is 13.2. The Morgan fingerprint density at radius 3 is 2.45 bits per heavy atom. The van der Waals surface area contributed by atoms with Gasteiger partial charge in [-0.1, -0.05) is 12.1 Å². The lowest BCUT2D eigenvalue weighted by Crippen LogP contribution is -2.02. The minimum absolute atomic E-state index is 0.296. The molecule has 0 aliphatic carbocycles. The number of nitrogens with one attached hydrogen (secondary N) is 1. The summed E-state index contributed by atoms with van der Waals surface area (Å²) in [6.45, 7) is 0. The Hall–Kier alpha value is -2.21. The molecule has 0 fully saturated rings. The van der Waals surface area contributed by atoms with Crippen LogP contribution in [0.4, 0.5) is 21.7 Å². The fourth-order valence-corrected chi connectivity index (χ4v) is 2.20. The maximum absolute atomic E-state index is 13.2. The van der Waals surface area contributed by atoms with Crippen LogP contribution in [0, 0.1) is 5.82 Å². The summed E-state index contributed by atoms with van der Waals surface area (Å²) in [5.74, 6) is 0.416. The van der Waals surface area contributed by atoms with Gasteiger partial charge >= 0.3 is 0 Å². The Bertz CT molecular complexity index is 791. The normalized spacial score (nSPS) is 10.7. The second-order valence-electron chi connectivity index (χ2n) is 4.20. The average Bonchev–Trinajstić information content (AvgIpc) is 2.44. The molecule has 3 N–H and O–H groups in total. The first-order valence-electron chi connectivity index (χ1n) is 5.88. The number of nitrogen functional groups attached to an aromatic ring is 1. The van der Waals surface area contributed by atoms with Crippen molar-refractivity contribution in [3.8, 4) is 0 Å². The number of rotatable bonds is 2. The van der Waals surface area contributed by atoms with E-state index >= 15 is 0 Å². The fourth-order valence-electron chi connectivity index (χ4n) is 1.82. The molecule has 0 bridgehead atoms. The molecule has 1 aromatic heterocycles. The second-order valence-corrected chi connectivity index (χ2v) is 5.05. The van der Waals surface area contributed by atoms with Gasteiger partial charge in [0.05, 0.1) is 15.5 Å². The van der Waals surface area contributed by atoms with E-state index in [0.717, 1.165) is 11.0 Å². The number of halogens is 2. The third kappa shape index (κ3) is 2.42. The largest absolute Gasteiger partial charge is 0.381 e. The van der Waals surface area contributed by atoms with Crippen molar-refractivity contribution >= 4 is 44.3 Å². The predicted octanol–water partition coefficient (Wildman–Crippen LogP) is 3.86. The number of nitrogens with two attached hydrogens (primary N) is 1. The van der Waals surface area contributed by atoms with E-state index in [9.17, 15) is 4.39 Å². The number of anilines is 3. The SMILES string of the molecule is Nc1nc2ccccc2nc1Nc1ccc(F)c(Br)c1. The van der Waals surface area contributed by atoms with Crippen LogP contribution < -0.4 is 11.1 Å². The minimum Gasteiger partial charge on any atom is -0.381 e. The van der Waals surface area contributed by atoms with Crippen molar-refractivity contribution in [1.82, 2.24) is 9.97 Å². The lowest BCUT2D eigenvalue weighted by Gasteiger charge is -2.09. The van der Waals surface area contributed by atoms with Gasteiger partial charge in [-0.2, -0.15) is 0 Å². The summed E-state index contributed by atoms with van der Waals surface area (Å²) < 4.78 is 13.6. The van der Waals surface area contributed by atoms with Crippen LogP contribution in [-0.4, -0.2) is 9.97 Å². The van der Waals surface area contributed by atoms with Crippen LogP contribution in [0.15, 0.2) is 46.9 Å². The van der Waals surface area contributed by atoms with Crippen LogP contribution in [0.3, 0.4) is 0 Å². The summed E-state index contributed by atoms with van der Waals surface area (Å²) in [5, 5.41) is 3.04. The summed E-state index contributed by atoms with van der Waals surface area (Å²) in [7, 11) is 0. The molecule has 0 unspecified atom stereocenters. The Kier molecular flexibility index (Phi) is 3.23. The summed E-state index contributed by atoms with van der Waals surface area (Å²) in [6.07, 6.45) is 0. The number of para-hydroxylation sites is 2. The summed E-state index contributed by atoms with van der Waals surface area (Å²) in [4.78, 5) is 8.69. The summed E-state index contributed by atoms with van der Waals surface area (Å²) in [6, 6.07) is 12.0. The molecule has 0 aliphatic heterocycles. The number of aromatic nitrogens is 2. The van der Waals surface area contributed by atoms with Gasteiger partial charge in [0.15, 0.2) is 11.6 Å². The highest BCUT2D eigenvalue weighted by Crippen LogP contribution is 2.25.